The maximum atomic E-state index is 12.0. The van der Waals surface area contributed by atoms with Gasteiger partial charge in [-0.1, -0.05) is 6.07 Å². The molecule has 9 heteroatoms. The Morgan fingerprint density at radius 1 is 1.27 bits per heavy atom. The molecule has 0 unspecified atom stereocenters. The number of aryl methyl sites for hydroxylation is 1. The smallest absolute Gasteiger partial charge is 0.234 e. The van der Waals surface area contributed by atoms with Gasteiger partial charge in [0.15, 0.2) is 5.96 Å². The van der Waals surface area contributed by atoms with Crippen LogP contribution in [0.2, 0.25) is 0 Å². The Bertz CT molecular complexity index is 885. The number of carbonyl (C=O) groups excluding carboxylic acids is 1. The summed E-state index contributed by atoms with van der Waals surface area (Å²) in [4.78, 5) is 25.7. The van der Waals surface area contributed by atoms with E-state index in [9.17, 15) is 4.79 Å². The lowest BCUT2D eigenvalue weighted by atomic mass is 10.3. The number of nitrogens with one attached hydrogen (secondary N) is 2. The lowest BCUT2D eigenvalue weighted by Crippen LogP contribution is -2.54. The number of nitrogens with zero attached hydrogens (tertiary/aromatic N) is 5. The van der Waals surface area contributed by atoms with Crippen molar-refractivity contribution in [2.75, 3.05) is 46.3 Å². The third-order valence-corrected chi connectivity index (χ3v) is 5.59. The normalized spacial score (nSPS) is 17.7. The van der Waals surface area contributed by atoms with Gasteiger partial charge < -0.3 is 19.9 Å². The molecule has 0 radical (unpaired) electrons. The number of halogens is 1. The van der Waals surface area contributed by atoms with E-state index >= 15 is 0 Å². The average Bonchev–Trinajstić information content (AvgIpc) is 3.42. The number of aliphatic imine (C=N–C) groups is 1. The number of hydrogen-bond acceptors (Lipinski definition) is 4. The highest BCUT2D eigenvalue weighted by atomic mass is 127. The first-order valence-electron chi connectivity index (χ1n) is 10.5. The molecule has 30 heavy (non-hydrogen) atoms. The summed E-state index contributed by atoms with van der Waals surface area (Å²) < 4.78 is 2.08. The summed E-state index contributed by atoms with van der Waals surface area (Å²) >= 11 is 0. The predicted molar refractivity (Wildman–Crippen MR) is 130 cm³/mol. The van der Waals surface area contributed by atoms with Crippen molar-refractivity contribution in [3.63, 3.8) is 0 Å². The first-order chi connectivity index (χ1) is 14.1. The number of pyridine rings is 1. The molecule has 2 aromatic heterocycles. The van der Waals surface area contributed by atoms with Crippen LogP contribution in [0.4, 0.5) is 0 Å². The summed E-state index contributed by atoms with van der Waals surface area (Å²) in [6.45, 7) is 6.90. The monoisotopic (exact) mass is 525 g/mol. The Hall–Kier alpha value is -1.88. The third kappa shape index (κ3) is 5.84. The van der Waals surface area contributed by atoms with E-state index in [2.05, 4.69) is 49.0 Å². The molecule has 2 aromatic rings. The first kappa shape index (κ1) is 22.8. The van der Waals surface area contributed by atoms with Gasteiger partial charge in [-0.05, 0) is 31.4 Å². The van der Waals surface area contributed by atoms with Gasteiger partial charge >= 0.3 is 0 Å². The number of amides is 1. The van der Waals surface area contributed by atoms with Crippen LogP contribution in [0.1, 0.15) is 24.1 Å². The van der Waals surface area contributed by atoms with Crippen molar-refractivity contribution in [1.82, 2.24) is 29.8 Å². The van der Waals surface area contributed by atoms with Crippen LogP contribution >= 0.6 is 24.0 Å². The molecule has 8 nitrogen and oxygen atoms in total. The molecule has 1 amide bonds. The standard InChI is InChI=1S/C21H31N7O.HI/c1-16-4-3-9-28-14-18(25-20(16)28)7-8-23-21(22-2)27-12-10-26(11-13-27)15-19(29)24-17-5-6-17;/h3-4,9,14,17H,5-8,10-13,15H2,1-2H3,(H,22,23)(H,24,29);1H. The zero-order chi connectivity index (χ0) is 20.2. The minimum Gasteiger partial charge on any atom is -0.356 e. The van der Waals surface area contributed by atoms with Gasteiger partial charge in [0.25, 0.3) is 0 Å². The fraction of sp³-hybridized carbons (Fsp3) is 0.571. The number of guanidine groups is 1. The Morgan fingerprint density at radius 2 is 2.03 bits per heavy atom. The van der Waals surface area contributed by atoms with Crippen LogP contribution in [0.25, 0.3) is 5.65 Å². The second kappa shape index (κ2) is 10.4. The van der Waals surface area contributed by atoms with Crippen LogP contribution < -0.4 is 10.6 Å². The zero-order valence-corrected chi connectivity index (χ0v) is 20.1. The number of hydrogen-bond donors (Lipinski definition) is 2. The molecule has 0 bridgehead atoms. The molecule has 1 saturated carbocycles. The number of fused-ring (bicyclic) bond motifs is 1. The van der Waals surface area contributed by atoms with Gasteiger partial charge in [-0.2, -0.15) is 0 Å². The summed E-state index contributed by atoms with van der Waals surface area (Å²) in [6.07, 6.45) is 7.25. The van der Waals surface area contributed by atoms with E-state index < -0.39 is 0 Å². The molecule has 2 N–H and O–H groups in total. The summed E-state index contributed by atoms with van der Waals surface area (Å²) in [6, 6.07) is 4.56. The van der Waals surface area contributed by atoms with E-state index in [0.29, 0.717) is 12.6 Å². The molecule has 0 aromatic carbocycles. The zero-order valence-electron chi connectivity index (χ0n) is 17.8. The van der Waals surface area contributed by atoms with Crippen molar-refractivity contribution in [3.8, 4) is 0 Å². The number of piperazine rings is 1. The van der Waals surface area contributed by atoms with Gasteiger partial charge in [0.1, 0.15) is 5.65 Å². The number of imidazole rings is 1. The Labute approximate surface area is 195 Å². The number of rotatable bonds is 6. The van der Waals surface area contributed by atoms with Crippen molar-refractivity contribution in [1.29, 1.82) is 0 Å². The fourth-order valence-corrected chi connectivity index (χ4v) is 3.78. The minimum absolute atomic E-state index is 0. The first-order valence-corrected chi connectivity index (χ1v) is 10.5. The topological polar surface area (TPSA) is 77.3 Å². The lowest BCUT2D eigenvalue weighted by Gasteiger charge is -2.36. The molecular formula is C21H32IN7O. The van der Waals surface area contributed by atoms with E-state index in [1.807, 2.05) is 19.3 Å². The average molecular weight is 525 g/mol. The van der Waals surface area contributed by atoms with E-state index in [1.54, 1.807) is 0 Å². The highest BCUT2D eigenvalue weighted by molar-refractivity contribution is 14.0. The molecule has 4 rings (SSSR count). The number of aromatic nitrogens is 2. The van der Waals surface area contributed by atoms with Crippen molar-refractivity contribution in [2.45, 2.75) is 32.2 Å². The predicted octanol–water partition coefficient (Wildman–Crippen LogP) is 1.27. The van der Waals surface area contributed by atoms with Gasteiger partial charge in [-0.15, -0.1) is 24.0 Å². The minimum atomic E-state index is 0. The van der Waals surface area contributed by atoms with Crippen LogP contribution in [0.15, 0.2) is 29.5 Å². The van der Waals surface area contributed by atoms with Crippen LogP contribution in [-0.4, -0.2) is 83.4 Å². The molecule has 2 aliphatic rings. The van der Waals surface area contributed by atoms with E-state index in [1.165, 1.54) is 5.56 Å². The SMILES string of the molecule is CN=C(NCCc1cn2cccc(C)c2n1)N1CCN(CC(=O)NC2CC2)CC1.I. The fourth-order valence-electron chi connectivity index (χ4n) is 3.78. The van der Waals surface area contributed by atoms with Crippen LogP contribution in [0.5, 0.6) is 0 Å². The summed E-state index contributed by atoms with van der Waals surface area (Å²) in [5.41, 5.74) is 3.29. The molecule has 0 atom stereocenters. The summed E-state index contributed by atoms with van der Waals surface area (Å²) in [7, 11) is 1.83. The van der Waals surface area contributed by atoms with Crippen LogP contribution in [-0.2, 0) is 11.2 Å². The van der Waals surface area contributed by atoms with Crippen LogP contribution in [0.3, 0.4) is 0 Å². The molecule has 3 heterocycles. The van der Waals surface area contributed by atoms with Gasteiger partial charge in [0.2, 0.25) is 5.91 Å². The largest absolute Gasteiger partial charge is 0.356 e. The number of carbonyl (C=O) groups is 1. The molecular weight excluding hydrogens is 493 g/mol. The molecule has 1 saturated heterocycles. The highest BCUT2D eigenvalue weighted by Crippen LogP contribution is 2.18. The van der Waals surface area contributed by atoms with Crippen molar-refractivity contribution in [2.24, 2.45) is 4.99 Å². The second-order valence-electron chi connectivity index (χ2n) is 7.98. The summed E-state index contributed by atoms with van der Waals surface area (Å²) in [5, 5.41) is 6.53. The van der Waals surface area contributed by atoms with E-state index in [0.717, 1.165) is 69.3 Å². The van der Waals surface area contributed by atoms with Crippen molar-refractivity contribution >= 4 is 41.5 Å². The molecule has 2 fully saturated rings. The van der Waals surface area contributed by atoms with Crippen LogP contribution in [0, 0.1) is 6.92 Å². The van der Waals surface area contributed by atoms with Crippen molar-refractivity contribution < 1.29 is 4.79 Å². The quantitative estimate of drug-likeness (QED) is 0.338. The van der Waals surface area contributed by atoms with E-state index in [-0.39, 0.29) is 29.9 Å². The molecule has 1 aliphatic carbocycles. The lowest BCUT2D eigenvalue weighted by molar-refractivity contribution is -0.122. The highest BCUT2D eigenvalue weighted by Gasteiger charge is 2.25. The van der Waals surface area contributed by atoms with Crippen molar-refractivity contribution in [3.05, 3.63) is 35.8 Å². The Morgan fingerprint density at radius 3 is 2.70 bits per heavy atom. The van der Waals surface area contributed by atoms with Gasteiger partial charge in [0, 0.05) is 64.6 Å². The molecule has 0 spiro atoms. The molecule has 164 valence electrons. The third-order valence-electron chi connectivity index (χ3n) is 5.59. The van der Waals surface area contributed by atoms with Gasteiger partial charge in [0.05, 0.1) is 12.2 Å². The Kier molecular flexibility index (Phi) is 7.93. The summed E-state index contributed by atoms with van der Waals surface area (Å²) in [5.74, 6) is 1.08. The Balaban J connectivity index is 0.00000256. The maximum absolute atomic E-state index is 12.0. The maximum Gasteiger partial charge on any atom is 0.234 e. The van der Waals surface area contributed by atoms with Gasteiger partial charge in [-0.25, -0.2) is 4.98 Å². The second-order valence-corrected chi connectivity index (χ2v) is 7.98. The van der Waals surface area contributed by atoms with E-state index in [4.69, 9.17) is 4.98 Å². The van der Waals surface area contributed by atoms with Gasteiger partial charge in [-0.3, -0.25) is 14.7 Å². The molecule has 1 aliphatic heterocycles.